The maximum absolute atomic E-state index is 9.28. The molecule has 0 aliphatic heterocycles. The number of anilines is 1. The number of methoxy groups -OCH3 is 1. The van der Waals surface area contributed by atoms with E-state index in [1.807, 2.05) is 24.3 Å². The number of nitrogens with zero attached hydrogens (tertiary/aromatic N) is 5. The summed E-state index contributed by atoms with van der Waals surface area (Å²) in [7, 11) is 1.63. The maximum Gasteiger partial charge on any atom is 0.225 e. The summed E-state index contributed by atoms with van der Waals surface area (Å²) in [4.78, 5) is 8.93. The Bertz CT molecular complexity index is 863. The SMILES string of the molecule is COc1ccc(-n2nnc3cnc(N[C@@H]4CC[C@H](CO)C4)nc32)cc1. The van der Waals surface area contributed by atoms with Crippen molar-refractivity contribution in [2.24, 2.45) is 5.92 Å². The molecule has 0 spiro atoms. The van der Waals surface area contributed by atoms with E-state index in [1.165, 1.54) is 0 Å². The Kier molecular flexibility index (Phi) is 4.19. The minimum absolute atomic E-state index is 0.242. The molecule has 8 nitrogen and oxygen atoms in total. The van der Waals surface area contributed by atoms with Gasteiger partial charge in [-0.3, -0.25) is 0 Å². The molecule has 1 saturated carbocycles. The second kappa shape index (κ2) is 6.64. The molecule has 1 aliphatic rings. The van der Waals surface area contributed by atoms with E-state index in [4.69, 9.17) is 4.74 Å². The summed E-state index contributed by atoms with van der Waals surface area (Å²) in [6.45, 7) is 0.242. The predicted octanol–water partition coefficient (Wildman–Crippen LogP) is 1.79. The first-order chi connectivity index (χ1) is 12.3. The van der Waals surface area contributed by atoms with Gasteiger partial charge in [0.2, 0.25) is 5.95 Å². The standard InChI is InChI=1S/C17H20N6O2/c1-25-14-6-4-13(5-7-14)23-16-15(21-22-23)9-18-17(20-16)19-12-3-2-11(8-12)10-24/h4-7,9,11-12,24H,2-3,8,10H2,1H3,(H,18,19,20)/t11-,12+/m0/s1. The molecule has 1 aromatic carbocycles. The number of aromatic nitrogens is 5. The van der Waals surface area contributed by atoms with E-state index in [0.29, 0.717) is 29.1 Å². The van der Waals surface area contributed by atoms with E-state index in [9.17, 15) is 5.11 Å². The highest BCUT2D eigenvalue weighted by Gasteiger charge is 2.24. The Labute approximate surface area is 144 Å². The van der Waals surface area contributed by atoms with Gasteiger partial charge in [-0.15, -0.1) is 5.10 Å². The highest BCUT2D eigenvalue weighted by Crippen LogP contribution is 2.27. The molecule has 0 bridgehead atoms. The number of rotatable bonds is 5. The first-order valence-electron chi connectivity index (χ1n) is 8.37. The molecule has 3 aromatic rings. The molecule has 2 atom stereocenters. The number of aliphatic hydroxyl groups excluding tert-OH is 1. The second-order valence-corrected chi connectivity index (χ2v) is 6.30. The highest BCUT2D eigenvalue weighted by atomic mass is 16.5. The van der Waals surface area contributed by atoms with Crippen LogP contribution >= 0.6 is 0 Å². The van der Waals surface area contributed by atoms with Gasteiger partial charge >= 0.3 is 0 Å². The smallest absolute Gasteiger partial charge is 0.225 e. The van der Waals surface area contributed by atoms with Crippen LogP contribution in [-0.4, -0.2) is 49.8 Å². The first-order valence-corrected chi connectivity index (χ1v) is 8.37. The van der Waals surface area contributed by atoms with Gasteiger partial charge in [0.15, 0.2) is 11.2 Å². The Hall–Kier alpha value is -2.74. The minimum Gasteiger partial charge on any atom is -0.497 e. The van der Waals surface area contributed by atoms with Gasteiger partial charge in [0.1, 0.15) is 5.75 Å². The molecule has 8 heteroatoms. The number of benzene rings is 1. The molecule has 25 heavy (non-hydrogen) atoms. The van der Waals surface area contributed by atoms with Crippen molar-refractivity contribution in [3.05, 3.63) is 30.5 Å². The Balaban J connectivity index is 1.61. The molecule has 1 fully saturated rings. The van der Waals surface area contributed by atoms with Crippen LogP contribution in [0.25, 0.3) is 16.9 Å². The van der Waals surface area contributed by atoms with Crippen LogP contribution in [-0.2, 0) is 0 Å². The lowest BCUT2D eigenvalue weighted by molar-refractivity contribution is 0.229. The fourth-order valence-corrected chi connectivity index (χ4v) is 3.25. The molecular formula is C17H20N6O2. The van der Waals surface area contributed by atoms with Gasteiger partial charge in [-0.05, 0) is 49.4 Å². The van der Waals surface area contributed by atoms with Crippen LogP contribution < -0.4 is 10.1 Å². The average molecular weight is 340 g/mol. The molecule has 130 valence electrons. The topological polar surface area (TPSA) is 98.0 Å². The van der Waals surface area contributed by atoms with Gasteiger partial charge in [0.05, 0.1) is 19.0 Å². The van der Waals surface area contributed by atoms with Gasteiger partial charge in [0.25, 0.3) is 0 Å². The fraction of sp³-hybridized carbons (Fsp3) is 0.412. The normalized spacial score (nSPS) is 20.1. The van der Waals surface area contributed by atoms with Crippen molar-refractivity contribution in [2.45, 2.75) is 25.3 Å². The molecule has 0 amide bonds. The summed E-state index contributed by atoms with van der Waals surface area (Å²) in [6, 6.07) is 7.85. The number of hydrogen-bond acceptors (Lipinski definition) is 7. The third-order valence-corrected chi connectivity index (χ3v) is 4.64. The molecule has 4 rings (SSSR count). The van der Waals surface area contributed by atoms with Crippen LogP contribution in [0, 0.1) is 5.92 Å². The van der Waals surface area contributed by atoms with Crippen molar-refractivity contribution in [1.82, 2.24) is 25.0 Å². The van der Waals surface area contributed by atoms with Gasteiger partial charge in [0, 0.05) is 12.6 Å². The van der Waals surface area contributed by atoms with E-state index in [-0.39, 0.29) is 6.61 Å². The van der Waals surface area contributed by atoms with Crippen LogP contribution in [0.4, 0.5) is 5.95 Å². The van der Waals surface area contributed by atoms with Crippen LogP contribution in [0.5, 0.6) is 5.75 Å². The van der Waals surface area contributed by atoms with Crippen LogP contribution in [0.3, 0.4) is 0 Å². The van der Waals surface area contributed by atoms with Gasteiger partial charge in [-0.1, -0.05) is 5.21 Å². The largest absolute Gasteiger partial charge is 0.497 e. The summed E-state index contributed by atoms with van der Waals surface area (Å²) < 4.78 is 6.87. The third kappa shape index (κ3) is 3.12. The molecule has 0 unspecified atom stereocenters. The number of aliphatic hydroxyl groups is 1. The van der Waals surface area contributed by atoms with Gasteiger partial charge in [-0.2, -0.15) is 9.67 Å². The van der Waals surface area contributed by atoms with E-state index >= 15 is 0 Å². The second-order valence-electron chi connectivity index (χ2n) is 6.30. The minimum atomic E-state index is 0.242. The lowest BCUT2D eigenvalue weighted by Crippen LogP contribution is -2.18. The van der Waals surface area contributed by atoms with Crippen molar-refractivity contribution in [2.75, 3.05) is 19.0 Å². The highest BCUT2D eigenvalue weighted by molar-refractivity contribution is 5.72. The van der Waals surface area contributed by atoms with Crippen LogP contribution in [0.2, 0.25) is 0 Å². The quantitative estimate of drug-likeness (QED) is 0.730. The first kappa shape index (κ1) is 15.8. The average Bonchev–Trinajstić information content (AvgIpc) is 3.28. The summed E-state index contributed by atoms with van der Waals surface area (Å²) in [5, 5.41) is 21.0. The number of ether oxygens (including phenoxy) is 1. The molecule has 2 heterocycles. The Morgan fingerprint density at radius 3 is 2.84 bits per heavy atom. The summed E-state index contributed by atoms with van der Waals surface area (Å²) in [5.41, 5.74) is 2.15. The molecular weight excluding hydrogens is 320 g/mol. The van der Waals surface area contributed by atoms with Crippen molar-refractivity contribution >= 4 is 17.1 Å². The van der Waals surface area contributed by atoms with E-state index in [0.717, 1.165) is 30.7 Å². The molecule has 2 aromatic heterocycles. The van der Waals surface area contributed by atoms with Crippen molar-refractivity contribution in [3.63, 3.8) is 0 Å². The Morgan fingerprint density at radius 2 is 2.12 bits per heavy atom. The van der Waals surface area contributed by atoms with Crippen LogP contribution in [0.1, 0.15) is 19.3 Å². The zero-order valence-corrected chi connectivity index (χ0v) is 14.0. The monoisotopic (exact) mass is 340 g/mol. The summed E-state index contributed by atoms with van der Waals surface area (Å²) in [5.74, 6) is 1.71. The Morgan fingerprint density at radius 1 is 1.28 bits per heavy atom. The third-order valence-electron chi connectivity index (χ3n) is 4.64. The predicted molar refractivity (Wildman–Crippen MR) is 92.8 cm³/mol. The number of fused-ring (bicyclic) bond motifs is 1. The van der Waals surface area contributed by atoms with E-state index in [1.54, 1.807) is 18.0 Å². The summed E-state index contributed by atoms with van der Waals surface area (Å²) in [6.07, 6.45) is 4.66. The number of nitrogens with one attached hydrogen (secondary N) is 1. The lowest BCUT2D eigenvalue weighted by Gasteiger charge is -2.12. The van der Waals surface area contributed by atoms with E-state index < -0.39 is 0 Å². The fourth-order valence-electron chi connectivity index (χ4n) is 3.25. The van der Waals surface area contributed by atoms with Gasteiger partial charge < -0.3 is 15.2 Å². The zero-order valence-electron chi connectivity index (χ0n) is 14.0. The molecule has 2 N–H and O–H groups in total. The van der Waals surface area contributed by atoms with Crippen LogP contribution in [0.15, 0.2) is 30.5 Å². The summed E-state index contributed by atoms with van der Waals surface area (Å²) >= 11 is 0. The molecule has 0 radical (unpaired) electrons. The molecule has 0 saturated heterocycles. The maximum atomic E-state index is 9.28. The van der Waals surface area contributed by atoms with Crippen molar-refractivity contribution in [1.29, 1.82) is 0 Å². The molecule has 1 aliphatic carbocycles. The van der Waals surface area contributed by atoms with Crippen molar-refractivity contribution in [3.8, 4) is 11.4 Å². The number of hydrogen-bond donors (Lipinski definition) is 2. The zero-order chi connectivity index (χ0) is 17.2. The van der Waals surface area contributed by atoms with Gasteiger partial charge in [-0.25, -0.2) is 4.98 Å². The van der Waals surface area contributed by atoms with E-state index in [2.05, 4.69) is 25.6 Å². The van der Waals surface area contributed by atoms with Crippen molar-refractivity contribution < 1.29 is 9.84 Å². The lowest BCUT2D eigenvalue weighted by atomic mass is 10.1.